The third-order valence-electron chi connectivity index (χ3n) is 5.90. The molecule has 1 saturated carbocycles. The highest BCUT2D eigenvalue weighted by Crippen LogP contribution is 2.27. The molecule has 6 nitrogen and oxygen atoms in total. The molecule has 27 heavy (non-hydrogen) atoms. The van der Waals surface area contributed by atoms with E-state index in [9.17, 15) is 9.59 Å². The molecule has 3 amide bonds. The van der Waals surface area contributed by atoms with Gasteiger partial charge in [0, 0.05) is 31.4 Å². The number of carbonyl (C=O) groups excluding carboxylic acids is 2. The van der Waals surface area contributed by atoms with E-state index in [4.69, 9.17) is 5.73 Å². The number of rotatable bonds is 5. The normalized spacial score (nSPS) is 22.1. The summed E-state index contributed by atoms with van der Waals surface area (Å²) in [5.74, 6) is 0.389. The second kappa shape index (κ2) is 9.74. The number of nitrogens with one attached hydrogen (secondary N) is 2. The third kappa shape index (κ3) is 5.45. The summed E-state index contributed by atoms with van der Waals surface area (Å²) in [6, 6.07) is 9.34. The Kier molecular flexibility index (Phi) is 7.10. The maximum atomic E-state index is 12.8. The van der Waals surface area contributed by atoms with Crippen LogP contribution in [-0.4, -0.2) is 42.5 Å². The molecule has 0 aromatic heterocycles. The van der Waals surface area contributed by atoms with Crippen LogP contribution in [0, 0.1) is 11.8 Å². The Morgan fingerprint density at radius 3 is 2.52 bits per heavy atom. The van der Waals surface area contributed by atoms with Crippen molar-refractivity contribution in [3.63, 3.8) is 0 Å². The second-order valence-corrected chi connectivity index (χ2v) is 7.83. The van der Waals surface area contributed by atoms with E-state index in [0.717, 1.165) is 31.4 Å². The Balaban J connectivity index is 1.53. The molecule has 0 spiro atoms. The van der Waals surface area contributed by atoms with Gasteiger partial charge in [-0.15, -0.1) is 0 Å². The number of hydrogen-bond acceptors (Lipinski definition) is 3. The van der Waals surface area contributed by atoms with E-state index in [1.807, 2.05) is 30.3 Å². The summed E-state index contributed by atoms with van der Waals surface area (Å²) in [6.45, 7) is 1.64. The molecule has 6 heteroatoms. The lowest BCUT2D eigenvalue weighted by Crippen LogP contribution is -2.52. The maximum Gasteiger partial charge on any atom is 0.321 e. The fourth-order valence-corrected chi connectivity index (χ4v) is 4.31. The molecule has 1 saturated heterocycles. The Morgan fingerprint density at radius 2 is 1.81 bits per heavy atom. The quantitative estimate of drug-likeness (QED) is 0.742. The highest BCUT2D eigenvalue weighted by Gasteiger charge is 2.31. The topological polar surface area (TPSA) is 87.5 Å². The van der Waals surface area contributed by atoms with Gasteiger partial charge in [0.1, 0.15) is 0 Å². The molecule has 0 radical (unpaired) electrons. The number of amides is 3. The van der Waals surface area contributed by atoms with Crippen LogP contribution in [0.25, 0.3) is 0 Å². The smallest absolute Gasteiger partial charge is 0.321 e. The van der Waals surface area contributed by atoms with E-state index in [0.29, 0.717) is 25.6 Å². The van der Waals surface area contributed by atoms with E-state index in [1.165, 1.54) is 19.3 Å². The summed E-state index contributed by atoms with van der Waals surface area (Å²) in [4.78, 5) is 27.1. The standard InChI is InChI=1S/C21H32N4O2/c22-14-19(16-8-3-1-4-9-16)24-20(26)17-10-7-13-25(15-17)21(27)23-18-11-5-2-6-12-18/h2,5-6,11-12,16-17,19H,1,3-4,7-10,13-15,22H2,(H,23,27)(H,24,26). The average molecular weight is 373 g/mol. The molecule has 148 valence electrons. The number of hydrogen-bond donors (Lipinski definition) is 3. The van der Waals surface area contributed by atoms with E-state index in [2.05, 4.69) is 10.6 Å². The van der Waals surface area contributed by atoms with Gasteiger partial charge in [-0.05, 0) is 43.7 Å². The van der Waals surface area contributed by atoms with Crippen molar-refractivity contribution in [3.05, 3.63) is 30.3 Å². The average Bonchev–Trinajstić information content (AvgIpc) is 2.73. The number of benzene rings is 1. The molecule has 4 N–H and O–H groups in total. The summed E-state index contributed by atoms with van der Waals surface area (Å²) >= 11 is 0. The zero-order valence-corrected chi connectivity index (χ0v) is 16.0. The van der Waals surface area contributed by atoms with Crippen LogP contribution in [-0.2, 0) is 4.79 Å². The van der Waals surface area contributed by atoms with Crippen LogP contribution < -0.4 is 16.4 Å². The van der Waals surface area contributed by atoms with Crippen LogP contribution in [0.3, 0.4) is 0 Å². The molecular weight excluding hydrogens is 340 g/mol. The highest BCUT2D eigenvalue weighted by molar-refractivity contribution is 5.90. The van der Waals surface area contributed by atoms with Gasteiger partial charge in [0.25, 0.3) is 0 Å². The first-order chi connectivity index (χ1) is 13.2. The molecular formula is C21H32N4O2. The molecule has 1 aromatic carbocycles. The Morgan fingerprint density at radius 1 is 1.07 bits per heavy atom. The lowest BCUT2D eigenvalue weighted by Gasteiger charge is -2.35. The summed E-state index contributed by atoms with van der Waals surface area (Å²) in [6.07, 6.45) is 7.72. The zero-order valence-electron chi connectivity index (χ0n) is 16.0. The van der Waals surface area contributed by atoms with Crippen molar-refractivity contribution in [2.45, 2.75) is 51.0 Å². The van der Waals surface area contributed by atoms with Crippen LogP contribution in [0.1, 0.15) is 44.9 Å². The maximum absolute atomic E-state index is 12.8. The minimum absolute atomic E-state index is 0.0493. The fraction of sp³-hybridized carbons (Fsp3) is 0.619. The summed E-state index contributed by atoms with van der Waals surface area (Å²) < 4.78 is 0. The molecule has 2 aliphatic rings. The minimum atomic E-state index is -0.155. The van der Waals surface area contributed by atoms with Crippen LogP contribution in [0.5, 0.6) is 0 Å². The minimum Gasteiger partial charge on any atom is -0.352 e. The lowest BCUT2D eigenvalue weighted by atomic mass is 9.83. The zero-order chi connectivity index (χ0) is 19.1. The molecule has 2 fully saturated rings. The second-order valence-electron chi connectivity index (χ2n) is 7.83. The molecule has 1 aliphatic heterocycles. The van der Waals surface area contributed by atoms with Crippen molar-refractivity contribution in [2.75, 3.05) is 25.0 Å². The first-order valence-corrected chi connectivity index (χ1v) is 10.3. The van der Waals surface area contributed by atoms with E-state index in [-0.39, 0.29) is 23.9 Å². The van der Waals surface area contributed by atoms with E-state index in [1.54, 1.807) is 4.90 Å². The summed E-state index contributed by atoms with van der Waals surface area (Å²) in [5.41, 5.74) is 6.73. The van der Waals surface area contributed by atoms with Crippen molar-refractivity contribution in [1.82, 2.24) is 10.2 Å². The first-order valence-electron chi connectivity index (χ1n) is 10.3. The number of nitrogens with zero attached hydrogens (tertiary/aromatic N) is 1. The van der Waals surface area contributed by atoms with Crippen LogP contribution in [0.2, 0.25) is 0 Å². The van der Waals surface area contributed by atoms with Gasteiger partial charge in [0.15, 0.2) is 0 Å². The van der Waals surface area contributed by atoms with Gasteiger partial charge in [0.2, 0.25) is 5.91 Å². The first kappa shape index (κ1) is 19.7. The summed E-state index contributed by atoms with van der Waals surface area (Å²) in [5, 5.41) is 6.10. The molecule has 3 rings (SSSR count). The Bertz CT molecular complexity index is 616. The van der Waals surface area contributed by atoms with Crippen molar-refractivity contribution in [3.8, 4) is 0 Å². The van der Waals surface area contributed by atoms with Crippen LogP contribution in [0.4, 0.5) is 10.5 Å². The monoisotopic (exact) mass is 372 g/mol. The van der Waals surface area contributed by atoms with Crippen LogP contribution >= 0.6 is 0 Å². The van der Waals surface area contributed by atoms with Crippen LogP contribution in [0.15, 0.2) is 30.3 Å². The van der Waals surface area contributed by atoms with Crippen molar-refractivity contribution < 1.29 is 9.59 Å². The summed E-state index contributed by atoms with van der Waals surface area (Å²) in [7, 11) is 0. The van der Waals surface area contributed by atoms with Gasteiger partial charge in [0.05, 0.1) is 5.92 Å². The van der Waals surface area contributed by atoms with E-state index >= 15 is 0 Å². The van der Waals surface area contributed by atoms with Gasteiger partial charge in [-0.1, -0.05) is 37.5 Å². The van der Waals surface area contributed by atoms with Crippen molar-refractivity contribution >= 4 is 17.6 Å². The molecule has 2 atom stereocenters. The lowest BCUT2D eigenvalue weighted by molar-refractivity contribution is -0.127. The number of likely N-dealkylation sites (tertiary alicyclic amines) is 1. The predicted molar refractivity (Wildman–Crippen MR) is 107 cm³/mol. The number of para-hydroxylation sites is 1. The predicted octanol–water partition coefficient (Wildman–Crippen LogP) is 2.95. The van der Waals surface area contributed by atoms with Gasteiger partial charge in [-0.2, -0.15) is 0 Å². The van der Waals surface area contributed by atoms with Gasteiger partial charge < -0.3 is 21.3 Å². The third-order valence-corrected chi connectivity index (χ3v) is 5.90. The number of nitrogens with two attached hydrogens (primary N) is 1. The SMILES string of the molecule is NCC(NC(=O)C1CCCN(C(=O)Nc2ccccc2)C1)C1CCCCC1. The van der Waals surface area contributed by atoms with Gasteiger partial charge >= 0.3 is 6.03 Å². The Labute approximate surface area is 161 Å². The number of carbonyl (C=O) groups is 2. The molecule has 1 aromatic rings. The largest absolute Gasteiger partial charge is 0.352 e. The molecule has 0 bridgehead atoms. The fourth-order valence-electron chi connectivity index (χ4n) is 4.31. The number of piperidine rings is 1. The molecule has 1 aliphatic carbocycles. The van der Waals surface area contributed by atoms with Gasteiger partial charge in [-0.3, -0.25) is 4.79 Å². The number of anilines is 1. The van der Waals surface area contributed by atoms with Crippen molar-refractivity contribution in [2.24, 2.45) is 17.6 Å². The number of urea groups is 1. The molecule has 1 heterocycles. The highest BCUT2D eigenvalue weighted by atomic mass is 16.2. The molecule has 2 unspecified atom stereocenters. The van der Waals surface area contributed by atoms with E-state index < -0.39 is 0 Å². The van der Waals surface area contributed by atoms with Gasteiger partial charge in [-0.25, -0.2) is 4.79 Å². The van der Waals surface area contributed by atoms with Crippen molar-refractivity contribution in [1.29, 1.82) is 0 Å². The Hall–Kier alpha value is -2.08.